The van der Waals surface area contributed by atoms with E-state index in [1.807, 2.05) is 36.4 Å². The van der Waals surface area contributed by atoms with Gasteiger partial charge in [-0.25, -0.2) is 14.4 Å². The van der Waals surface area contributed by atoms with Crippen LogP contribution >= 0.6 is 27.3 Å². The molecular formula is C17H17BrFN3OS. The predicted molar refractivity (Wildman–Crippen MR) is 99.0 cm³/mol. The SMILES string of the molecule is COC(C)c1nc(CN(C)c2ccc3cc(Br)c(F)cc3n2)cs1. The van der Waals surface area contributed by atoms with Crippen molar-refractivity contribution in [3.8, 4) is 0 Å². The molecule has 0 aliphatic rings. The van der Waals surface area contributed by atoms with Gasteiger partial charge in [0.15, 0.2) is 0 Å². The number of anilines is 1. The Morgan fingerprint density at radius 2 is 2.12 bits per heavy atom. The summed E-state index contributed by atoms with van der Waals surface area (Å²) in [6.07, 6.45) is -0.00530. The highest BCUT2D eigenvalue weighted by Gasteiger charge is 2.12. The average Bonchev–Trinajstić information content (AvgIpc) is 3.03. The van der Waals surface area contributed by atoms with E-state index >= 15 is 0 Å². The van der Waals surface area contributed by atoms with Crippen LogP contribution in [-0.2, 0) is 11.3 Å². The fourth-order valence-corrected chi connectivity index (χ4v) is 3.53. The van der Waals surface area contributed by atoms with Gasteiger partial charge in [-0.15, -0.1) is 11.3 Å². The van der Waals surface area contributed by atoms with E-state index in [9.17, 15) is 4.39 Å². The maximum absolute atomic E-state index is 13.7. The second-order valence-corrected chi connectivity index (χ2v) is 7.28. The fourth-order valence-electron chi connectivity index (χ4n) is 2.33. The minimum Gasteiger partial charge on any atom is -0.375 e. The minimum absolute atomic E-state index is 0.00530. The van der Waals surface area contributed by atoms with Crippen molar-refractivity contribution in [1.82, 2.24) is 9.97 Å². The van der Waals surface area contributed by atoms with Crippen molar-refractivity contribution in [2.75, 3.05) is 19.1 Å². The van der Waals surface area contributed by atoms with E-state index in [0.29, 0.717) is 16.5 Å². The van der Waals surface area contributed by atoms with Crippen LogP contribution in [0.4, 0.5) is 10.2 Å². The fraction of sp³-hybridized carbons (Fsp3) is 0.294. The lowest BCUT2D eigenvalue weighted by atomic mass is 10.2. The molecule has 0 saturated carbocycles. The number of aromatic nitrogens is 2. The third kappa shape index (κ3) is 3.58. The summed E-state index contributed by atoms with van der Waals surface area (Å²) in [6, 6.07) is 7.05. The standard InChI is InChI=1S/C17H17BrFN3OS/c1-10(23-3)17-20-12(9-24-17)8-22(2)16-5-4-11-6-13(18)14(19)7-15(11)21-16/h4-7,9-10H,8H2,1-3H3. The highest BCUT2D eigenvalue weighted by Crippen LogP contribution is 2.25. The number of rotatable bonds is 5. The molecule has 3 aromatic rings. The number of nitrogens with zero attached hydrogens (tertiary/aromatic N) is 3. The topological polar surface area (TPSA) is 38.2 Å². The summed E-state index contributed by atoms with van der Waals surface area (Å²) in [4.78, 5) is 11.1. The first-order valence-corrected chi connectivity index (χ1v) is 9.09. The zero-order valence-corrected chi connectivity index (χ0v) is 16.0. The molecule has 24 heavy (non-hydrogen) atoms. The molecule has 2 aromatic heterocycles. The lowest BCUT2D eigenvalue weighted by Crippen LogP contribution is -2.18. The summed E-state index contributed by atoms with van der Waals surface area (Å²) < 4.78 is 19.5. The van der Waals surface area contributed by atoms with Crippen LogP contribution in [-0.4, -0.2) is 24.1 Å². The molecular weight excluding hydrogens is 393 g/mol. The van der Waals surface area contributed by atoms with Crippen LogP contribution in [0.25, 0.3) is 10.9 Å². The summed E-state index contributed by atoms with van der Waals surface area (Å²) in [5.74, 6) is 0.464. The van der Waals surface area contributed by atoms with Gasteiger partial charge in [-0.2, -0.15) is 0 Å². The van der Waals surface area contributed by atoms with Gasteiger partial charge in [-0.1, -0.05) is 0 Å². The Labute approximate surface area is 152 Å². The monoisotopic (exact) mass is 409 g/mol. The molecule has 0 N–H and O–H groups in total. The Balaban J connectivity index is 1.81. The van der Waals surface area contributed by atoms with E-state index in [1.165, 1.54) is 6.07 Å². The van der Waals surface area contributed by atoms with E-state index in [0.717, 1.165) is 21.9 Å². The first-order valence-electron chi connectivity index (χ1n) is 7.42. The molecule has 0 spiro atoms. The summed E-state index contributed by atoms with van der Waals surface area (Å²) in [5, 5.41) is 3.88. The van der Waals surface area contributed by atoms with Gasteiger partial charge in [0.2, 0.25) is 0 Å². The largest absolute Gasteiger partial charge is 0.375 e. The molecule has 0 aliphatic carbocycles. The van der Waals surface area contributed by atoms with Crippen LogP contribution in [0, 0.1) is 5.82 Å². The molecule has 0 fully saturated rings. The molecule has 0 amide bonds. The molecule has 3 rings (SSSR count). The lowest BCUT2D eigenvalue weighted by Gasteiger charge is -2.17. The molecule has 4 nitrogen and oxygen atoms in total. The quantitative estimate of drug-likeness (QED) is 0.598. The Hall–Kier alpha value is -1.57. The molecule has 1 unspecified atom stereocenters. The number of thiazole rings is 1. The lowest BCUT2D eigenvalue weighted by molar-refractivity contribution is 0.119. The summed E-state index contributed by atoms with van der Waals surface area (Å²) in [5.41, 5.74) is 1.59. The van der Waals surface area contributed by atoms with Gasteiger partial charge in [-0.3, -0.25) is 0 Å². The van der Waals surface area contributed by atoms with E-state index in [1.54, 1.807) is 24.5 Å². The van der Waals surface area contributed by atoms with Gasteiger partial charge >= 0.3 is 0 Å². The van der Waals surface area contributed by atoms with Crippen molar-refractivity contribution >= 4 is 44.0 Å². The third-order valence-corrected chi connectivity index (χ3v) is 5.44. The van der Waals surface area contributed by atoms with Crippen molar-refractivity contribution in [1.29, 1.82) is 0 Å². The van der Waals surface area contributed by atoms with Crippen LogP contribution < -0.4 is 4.90 Å². The average molecular weight is 410 g/mol. The molecule has 1 atom stereocenters. The van der Waals surface area contributed by atoms with Crippen LogP contribution in [0.2, 0.25) is 0 Å². The van der Waals surface area contributed by atoms with Gasteiger partial charge in [0, 0.05) is 31.0 Å². The number of fused-ring (bicyclic) bond motifs is 1. The predicted octanol–water partition coefficient (Wildman–Crippen LogP) is 4.94. The number of ether oxygens (including phenoxy) is 1. The Kier molecular flexibility index (Phi) is 5.12. The van der Waals surface area contributed by atoms with Crippen LogP contribution in [0.15, 0.2) is 34.1 Å². The maximum Gasteiger partial charge on any atom is 0.139 e. The number of halogens is 2. The van der Waals surface area contributed by atoms with Crippen molar-refractivity contribution in [3.63, 3.8) is 0 Å². The normalized spacial score (nSPS) is 12.5. The molecule has 0 bridgehead atoms. The number of methoxy groups -OCH3 is 1. The number of hydrogen-bond acceptors (Lipinski definition) is 5. The maximum atomic E-state index is 13.7. The molecule has 0 aliphatic heterocycles. The van der Waals surface area contributed by atoms with Crippen molar-refractivity contribution < 1.29 is 9.13 Å². The van der Waals surface area contributed by atoms with E-state index in [4.69, 9.17) is 4.74 Å². The summed E-state index contributed by atoms with van der Waals surface area (Å²) in [6.45, 7) is 2.61. The van der Waals surface area contributed by atoms with E-state index in [2.05, 4.69) is 25.9 Å². The highest BCUT2D eigenvalue weighted by atomic mass is 79.9. The summed E-state index contributed by atoms with van der Waals surface area (Å²) >= 11 is 4.78. The highest BCUT2D eigenvalue weighted by molar-refractivity contribution is 9.10. The van der Waals surface area contributed by atoms with Crippen LogP contribution in [0.3, 0.4) is 0 Å². The molecule has 2 heterocycles. The van der Waals surface area contributed by atoms with Crippen molar-refractivity contribution in [2.24, 2.45) is 0 Å². The van der Waals surface area contributed by atoms with Gasteiger partial charge in [-0.05, 0) is 41.1 Å². The van der Waals surface area contributed by atoms with Gasteiger partial charge in [0.25, 0.3) is 0 Å². The molecule has 7 heteroatoms. The Morgan fingerprint density at radius 1 is 1.33 bits per heavy atom. The zero-order chi connectivity index (χ0) is 17.3. The summed E-state index contributed by atoms with van der Waals surface area (Å²) in [7, 11) is 3.62. The van der Waals surface area contributed by atoms with Gasteiger partial charge in [0.05, 0.1) is 22.2 Å². The van der Waals surface area contributed by atoms with Crippen molar-refractivity contribution in [2.45, 2.75) is 19.6 Å². The minimum atomic E-state index is -0.313. The number of pyridine rings is 1. The van der Waals surface area contributed by atoms with Gasteiger partial charge < -0.3 is 9.64 Å². The van der Waals surface area contributed by atoms with E-state index < -0.39 is 0 Å². The number of benzene rings is 1. The third-order valence-electron chi connectivity index (χ3n) is 3.78. The smallest absolute Gasteiger partial charge is 0.139 e. The Bertz CT molecular complexity index is 870. The Morgan fingerprint density at radius 3 is 2.88 bits per heavy atom. The van der Waals surface area contributed by atoms with Crippen LogP contribution in [0.5, 0.6) is 0 Å². The zero-order valence-electron chi connectivity index (χ0n) is 13.6. The van der Waals surface area contributed by atoms with Gasteiger partial charge in [0.1, 0.15) is 22.7 Å². The second kappa shape index (κ2) is 7.13. The van der Waals surface area contributed by atoms with Crippen LogP contribution in [0.1, 0.15) is 23.7 Å². The van der Waals surface area contributed by atoms with E-state index in [-0.39, 0.29) is 11.9 Å². The first-order chi connectivity index (χ1) is 11.5. The molecule has 0 saturated heterocycles. The molecule has 126 valence electrons. The first kappa shape index (κ1) is 17.3. The number of hydrogen-bond donors (Lipinski definition) is 0. The second-order valence-electron chi connectivity index (χ2n) is 5.54. The van der Waals surface area contributed by atoms with Crippen molar-refractivity contribution in [3.05, 3.63) is 50.6 Å². The molecule has 1 aromatic carbocycles. The molecule has 0 radical (unpaired) electrons.